The second kappa shape index (κ2) is 14.3. The zero-order chi connectivity index (χ0) is 25.8. The van der Waals surface area contributed by atoms with Crippen molar-refractivity contribution in [1.29, 1.82) is 0 Å². The molecule has 0 bridgehead atoms. The fraction of sp³-hybridized carbons (Fsp3) is 0.444. The van der Waals surface area contributed by atoms with E-state index in [9.17, 15) is 9.59 Å². The van der Waals surface area contributed by atoms with E-state index in [1.54, 1.807) is 26.1 Å². The third-order valence-corrected chi connectivity index (χ3v) is 5.20. The Balaban J connectivity index is 1.29. The van der Waals surface area contributed by atoms with Crippen LogP contribution < -0.4 is 10.4 Å². The first-order valence-electron chi connectivity index (χ1n) is 12.0. The minimum Gasteiger partial charge on any atom is -0.491 e. The Bertz CT molecular complexity index is 1170. The lowest BCUT2D eigenvalue weighted by atomic mass is 10.0. The average molecular weight is 500 g/mol. The predicted molar refractivity (Wildman–Crippen MR) is 134 cm³/mol. The van der Waals surface area contributed by atoms with Crippen molar-refractivity contribution in [3.63, 3.8) is 0 Å². The summed E-state index contributed by atoms with van der Waals surface area (Å²) in [6.07, 6.45) is 3.19. The second-order valence-corrected chi connectivity index (χ2v) is 8.35. The van der Waals surface area contributed by atoms with Gasteiger partial charge in [-0.2, -0.15) is 0 Å². The molecule has 0 atom stereocenters. The Hall–Kier alpha value is -3.27. The van der Waals surface area contributed by atoms with Crippen LogP contribution in [0.2, 0.25) is 0 Å². The Morgan fingerprint density at radius 2 is 1.58 bits per heavy atom. The monoisotopic (exact) mass is 499 g/mol. The molecule has 36 heavy (non-hydrogen) atoms. The number of hydrogen-bond donors (Lipinski definition) is 0. The summed E-state index contributed by atoms with van der Waals surface area (Å²) >= 11 is 0. The van der Waals surface area contributed by atoms with Gasteiger partial charge in [-0.25, -0.2) is 4.79 Å². The van der Waals surface area contributed by atoms with Crippen LogP contribution in [0, 0.1) is 12.8 Å². The number of pyridine rings is 1. The Morgan fingerprint density at radius 1 is 0.917 bits per heavy atom. The van der Waals surface area contributed by atoms with Crippen molar-refractivity contribution < 1.29 is 32.9 Å². The normalized spacial score (nSPS) is 11.2. The molecule has 1 aromatic carbocycles. The van der Waals surface area contributed by atoms with Gasteiger partial charge in [0.15, 0.2) is 5.58 Å². The van der Waals surface area contributed by atoms with Crippen LogP contribution in [0.15, 0.2) is 51.9 Å². The summed E-state index contributed by atoms with van der Waals surface area (Å²) in [5.74, 6) is 0.369. The topological polar surface area (TPSA) is 106 Å². The molecule has 0 spiro atoms. The summed E-state index contributed by atoms with van der Waals surface area (Å²) < 4.78 is 32.5. The van der Waals surface area contributed by atoms with E-state index in [2.05, 4.69) is 4.98 Å². The van der Waals surface area contributed by atoms with E-state index >= 15 is 0 Å². The van der Waals surface area contributed by atoms with Gasteiger partial charge in [0.05, 0.1) is 57.3 Å². The third kappa shape index (κ3) is 8.44. The van der Waals surface area contributed by atoms with Gasteiger partial charge >= 0.3 is 11.6 Å². The van der Waals surface area contributed by atoms with E-state index in [-0.39, 0.29) is 18.5 Å². The first-order chi connectivity index (χ1) is 17.5. The summed E-state index contributed by atoms with van der Waals surface area (Å²) in [6, 6.07) is 9.20. The molecule has 0 aliphatic carbocycles. The van der Waals surface area contributed by atoms with Crippen LogP contribution in [-0.4, -0.2) is 63.8 Å². The molecule has 0 N–H and O–H groups in total. The molecule has 2 heterocycles. The maximum atomic E-state index is 12.4. The van der Waals surface area contributed by atoms with Gasteiger partial charge in [0.2, 0.25) is 0 Å². The number of aromatic nitrogens is 1. The molecule has 0 aliphatic heterocycles. The largest absolute Gasteiger partial charge is 0.491 e. The lowest BCUT2D eigenvalue weighted by Gasteiger charge is -2.11. The van der Waals surface area contributed by atoms with E-state index in [1.807, 2.05) is 31.2 Å². The Morgan fingerprint density at radius 3 is 2.25 bits per heavy atom. The number of carbonyl (C=O) groups is 1. The fourth-order valence-electron chi connectivity index (χ4n) is 3.26. The summed E-state index contributed by atoms with van der Waals surface area (Å²) in [5, 5.41) is 0.815. The zero-order valence-electron chi connectivity index (χ0n) is 21.0. The number of esters is 1. The number of aryl methyl sites for hydroxylation is 1. The number of rotatable bonds is 15. The molecule has 0 saturated carbocycles. The number of fused-ring (bicyclic) bond motifs is 1. The minimum absolute atomic E-state index is 0.132. The third-order valence-electron chi connectivity index (χ3n) is 5.20. The highest BCUT2D eigenvalue weighted by molar-refractivity contribution is 5.81. The predicted octanol–water partition coefficient (Wildman–Crippen LogP) is 3.79. The van der Waals surface area contributed by atoms with Crippen LogP contribution >= 0.6 is 0 Å². The van der Waals surface area contributed by atoms with E-state index in [1.165, 1.54) is 6.20 Å². The second-order valence-electron chi connectivity index (χ2n) is 8.35. The van der Waals surface area contributed by atoms with Crippen LogP contribution in [0.1, 0.15) is 19.4 Å². The molecule has 194 valence electrons. The molecular weight excluding hydrogens is 466 g/mol. The highest BCUT2D eigenvalue weighted by atomic mass is 16.6. The average Bonchev–Trinajstić information content (AvgIpc) is 2.87. The first kappa shape index (κ1) is 27.3. The minimum atomic E-state index is -0.405. The lowest BCUT2D eigenvalue weighted by molar-refractivity contribution is -0.149. The van der Waals surface area contributed by atoms with Gasteiger partial charge in [-0.3, -0.25) is 9.78 Å². The van der Waals surface area contributed by atoms with Gasteiger partial charge in [-0.15, -0.1) is 0 Å². The van der Waals surface area contributed by atoms with Gasteiger partial charge in [-0.1, -0.05) is 19.9 Å². The Kier molecular flexibility index (Phi) is 10.9. The van der Waals surface area contributed by atoms with E-state index in [4.69, 9.17) is 28.1 Å². The van der Waals surface area contributed by atoms with E-state index < -0.39 is 5.63 Å². The maximum Gasteiger partial charge on any atom is 0.344 e. The fourth-order valence-corrected chi connectivity index (χ4v) is 3.26. The van der Waals surface area contributed by atoms with Crippen LogP contribution in [0.3, 0.4) is 0 Å². The van der Waals surface area contributed by atoms with Crippen LogP contribution in [0.5, 0.6) is 5.75 Å². The number of nitrogens with zero attached hydrogens (tertiary/aromatic N) is 1. The highest BCUT2D eigenvalue weighted by Crippen LogP contribution is 2.26. The van der Waals surface area contributed by atoms with Crippen LogP contribution in [-0.2, 0) is 23.7 Å². The summed E-state index contributed by atoms with van der Waals surface area (Å²) in [4.78, 5) is 27.7. The molecule has 3 rings (SSSR count). The van der Waals surface area contributed by atoms with E-state index in [0.29, 0.717) is 57.4 Å². The molecule has 0 radical (unpaired) electrons. The molecule has 0 unspecified atom stereocenters. The van der Waals surface area contributed by atoms with Gasteiger partial charge in [-0.05, 0) is 42.3 Å². The smallest absolute Gasteiger partial charge is 0.344 e. The van der Waals surface area contributed by atoms with Crippen LogP contribution in [0.4, 0.5) is 0 Å². The molecule has 2 aromatic heterocycles. The Labute approximate surface area is 210 Å². The van der Waals surface area contributed by atoms with Crippen molar-refractivity contribution in [1.82, 2.24) is 4.98 Å². The van der Waals surface area contributed by atoms with Gasteiger partial charge < -0.3 is 28.1 Å². The van der Waals surface area contributed by atoms with Gasteiger partial charge in [0.1, 0.15) is 19.0 Å². The number of benzene rings is 1. The molecule has 9 heteroatoms. The van der Waals surface area contributed by atoms with Gasteiger partial charge in [0, 0.05) is 11.6 Å². The van der Waals surface area contributed by atoms with Crippen molar-refractivity contribution in [2.45, 2.75) is 20.8 Å². The van der Waals surface area contributed by atoms with Crippen molar-refractivity contribution >= 4 is 16.9 Å². The standard InChI is InChI=1S/C27H33NO8/c1-19(2)26(29)35-15-13-33-11-9-31-8-10-32-12-14-34-24-5-4-21(16-20(24)3)23-17-22-6-7-28-18-25(22)36-27(23)30/h4-7,16-19H,8-15H2,1-3H3. The molecule has 0 aliphatic rings. The lowest BCUT2D eigenvalue weighted by Crippen LogP contribution is -2.17. The highest BCUT2D eigenvalue weighted by Gasteiger charge is 2.10. The molecular formula is C27H33NO8. The summed E-state index contributed by atoms with van der Waals surface area (Å²) in [5.41, 5.74) is 2.22. The molecule has 0 saturated heterocycles. The van der Waals surface area contributed by atoms with Crippen molar-refractivity contribution in [2.75, 3.05) is 52.9 Å². The maximum absolute atomic E-state index is 12.4. The zero-order valence-corrected chi connectivity index (χ0v) is 21.0. The summed E-state index contributed by atoms with van der Waals surface area (Å²) in [6.45, 7) is 8.68. The number of carbonyl (C=O) groups excluding carboxylic acids is 1. The molecule has 0 amide bonds. The number of ether oxygens (including phenoxy) is 5. The van der Waals surface area contributed by atoms with Crippen molar-refractivity contribution in [2.24, 2.45) is 5.92 Å². The summed E-state index contributed by atoms with van der Waals surface area (Å²) in [7, 11) is 0. The van der Waals surface area contributed by atoms with E-state index in [0.717, 1.165) is 22.3 Å². The van der Waals surface area contributed by atoms with Crippen LogP contribution in [0.25, 0.3) is 22.1 Å². The molecule has 3 aromatic rings. The quantitative estimate of drug-likeness (QED) is 0.228. The van der Waals surface area contributed by atoms with Crippen molar-refractivity contribution in [3.8, 4) is 16.9 Å². The molecule has 0 fully saturated rings. The SMILES string of the molecule is Cc1cc(-c2cc3ccncc3oc2=O)ccc1OCCOCCOCCOCCOC(=O)C(C)C. The van der Waals surface area contributed by atoms with Crippen molar-refractivity contribution in [3.05, 3.63) is 58.7 Å². The molecule has 9 nitrogen and oxygen atoms in total. The van der Waals surface area contributed by atoms with Gasteiger partial charge in [0.25, 0.3) is 0 Å². The number of hydrogen-bond acceptors (Lipinski definition) is 9. The first-order valence-corrected chi connectivity index (χ1v) is 12.0.